The minimum absolute atomic E-state index is 0.153. The number of ether oxygens (including phenoxy) is 1. The number of pyridine rings is 1. The number of dihydropyridines is 1. The van der Waals surface area contributed by atoms with Crippen molar-refractivity contribution in [2.75, 3.05) is 33.3 Å². The van der Waals surface area contributed by atoms with E-state index < -0.39 is 0 Å². The molecule has 10 nitrogen and oxygen atoms in total. The van der Waals surface area contributed by atoms with Gasteiger partial charge in [-0.15, -0.1) is 11.3 Å². The van der Waals surface area contributed by atoms with Crippen LogP contribution in [0.1, 0.15) is 30.1 Å². The first kappa shape index (κ1) is 24.0. The fraction of sp³-hybridized carbons (Fsp3) is 0.360. The number of nitrogens with zero attached hydrogens (tertiary/aromatic N) is 4. The van der Waals surface area contributed by atoms with Gasteiger partial charge in [0.15, 0.2) is 0 Å². The summed E-state index contributed by atoms with van der Waals surface area (Å²) in [5.74, 6) is 0.0621. The maximum atomic E-state index is 13.2. The van der Waals surface area contributed by atoms with Crippen molar-refractivity contribution < 1.29 is 14.3 Å². The van der Waals surface area contributed by atoms with Gasteiger partial charge in [-0.2, -0.15) is 5.10 Å². The van der Waals surface area contributed by atoms with Crippen LogP contribution < -0.4 is 20.7 Å². The van der Waals surface area contributed by atoms with E-state index in [1.807, 2.05) is 25.3 Å². The molecule has 188 valence electrons. The molecule has 1 saturated heterocycles. The van der Waals surface area contributed by atoms with Gasteiger partial charge in [0, 0.05) is 37.4 Å². The molecule has 3 aromatic heterocycles. The molecule has 2 aliphatic heterocycles. The molecule has 1 atom stereocenters. The minimum atomic E-state index is -0.285. The molecule has 3 aromatic rings. The molecule has 0 radical (unpaired) electrons. The molecule has 3 N–H and O–H groups in total. The highest BCUT2D eigenvalue weighted by atomic mass is 32.1. The smallest absolute Gasteiger partial charge is 0.260 e. The molecule has 1 unspecified atom stereocenters. The van der Waals surface area contributed by atoms with E-state index in [0.717, 1.165) is 30.1 Å². The third-order valence-corrected chi connectivity index (χ3v) is 7.51. The second kappa shape index (κ2) is 10.5. The number of carbonyl (C=O) groups excluding carboxylic acids is 2. The first-order valence-corrected chi connectivity index (χ1v) is 12.8. The summed E-state index contributed by atoms with van der Waals surface area (Å²) >= 11 is 1.43. The molecule has 0 aliphatic carbocycles. The number of rotatable bonds is 8. The van der Waals surface area contributed by atoms with Crippen LogP contribution in [0.2, 0.25) is 0 Å². The van der Waals surface area contributed by atoms with Crippen molar-refractivity contribution in [1.29, 1.82) is 0 Å². The van der Waals surface area contributed by atoms with Crippen LogP contribution >= 0.6 is 11.3 Å². The fourth-order valence-electron chi connectivity index (χ4n) is 4.36. The lowest BCUT2D eigenvalue weighted by atomic mass is 10.1. The van der Waals surface area contributed by atoms with Crippen molar-refractivity contribution in [2.24, 2.45) is 0 Å². The van der Waals surface area contributed by atoms with E-state index >= 15 is 0 Å². The molecular weight excluding hydrogens is 478 g/mol. The van der Waals surface area contributed by atoms with Crippen LogP contribution in [-0.2, 0) is 4.79 Å². The normalized spacial score (nSPS) is 17.9. The number of hydrogen-bond acceptors (Lipinski definition) is 8. The highest BCUT2D eigenvalue weighted by Gasteiger charge is 2.23. The van der Waals surface area contributed by atoms with Gasteiger partial charge in [-0.1, -0.05) is 0 Å². The molecule has 5 heterocycles. The van der Waals surface area contributed by atoms with E-state index in [1.165, 1.54) is 24.2 Å². The van der Waals surface area contributed by atoms with Gasteiger partial charge < -0.3 is 25.6 Å². The molecule has 0 aromatic carbocycles. The van der Waals surface area contributed by atoms with E-state index in [-0.39, 0.29) is 17.9 Å². The number of thiazole rings is 1. The average Bonchev–Trinajstić information content (AvgIpc) is 3.63. The van der Waals surface area contributed by atoms with E-state index in [4.69, 9.17) is 4.74 Å². The van der Waals surface area contributed by atoms with Crippen molar-refractivity contribution >= 4 is 28.0 Å². The summed E-state index contributed by atoms with van der Waals surface area (Å²) < 4.78 is 7.05. The number of methoxy groups -OCH3 is 1. The lowest BCUT2D eigenvalue weighted by Gasteiger charge is -2.23. The summed E-state index contributed by atoms with van der Waals surface area (Å²) in [6.07, 6.45) is 10.9. The topological polar surface area (TPSA) is 113 Å². The number of aromatic nitrogens is 3. The van der Waals surface area contributed by atoms with E-state index in [1.54, 1.807) is 36.3 Å². The Balaban J connectivity index is 1.28. The van der Waals surface area contributed by atoms with Crippen molar-refractivity contribution in [1.82, 2.24) is 35.4 Å². The Morgan fingerprint density at radius 2 is 2.11 bits per heavy atom. The molecule has 0 bridgehead atoms. The Kier molecular flexibility index (Phi) is 7.01. The van der Waals surface area contributed by atoms with E-state index in [9.17, 15) is 9.59 Å². The largest absolute Gasteiger partial charge is 0.481 e. The Labute approximate surface area is 213 Å². The second-order valence-electron chi connectivity index (χ2n) is 8.81. The number of nitrogens with one attached hydrogen (secondary N) is 3. The van der Waals surface area contributed by atoms with Crippen LogP contribution in [0.3, 0.4) is 0 Å². The van der Waals surface area contributed by atoms with E-state index in [0.29, 0.717) is 34.1 Å². The number of hydrogen-bond donors (Lipinski definition) is 3. The molecule has 11 heteroatoms. The van der Waals surface area contributed by atoms with Crippen molar-refractivity contribution in [3.05, 3.63) is 59.8 Å². The maximum Gasteiger partial charge on any atom is 0.260 e. The maximum absolute atomic E-state index is 13.2. The summed E-state index contributed by atoms with van der Waals surface area (Å²) in [6.45, 7) is 5.56. The zero-order valence-electron chi connectivity index (χ0n) is 20.3. The molecule has 0 saturated carbocycles. The summed E-state index contributed by atoms with van der Waals surface area (Å²) in [5.41, 5.74) is 2.39. The first-order valence-electron chi connectivity index (χ1n) is 12.0. The minimum Gasteiger partial charge on any atom is -0.481 e. The second-order valence-corrected chi connectivity index (χ2v) is 9.84. The van der Waals surface area contributed by atoms with E-state index in [2.05, 4.69) is 30.9 Å². The molecule has 5 rings (SSSR count). The number of carbonyl (C=O) groups is 2. The van der Waals surface area contributed by atoms with Gasteiger partial charge in [-0.05, 0) is 51.1 Å². The Morgan fingerprint density at radius 3 is 2.92 bits per heavy atom. The highest BCUT2D eigenvalue weighted by Crippen LogP contribution is 2.34. The highest BCUT2D eigenvalue weighted by molar-refractivity contribution is 7.21. The van der Waals surface area contributed by atoms with Gasteiger partial charge in [-0.25, -0.2) is 9.50 Å². The third-order valence-electron chi connectivity index (χ3n) is 6.37. The number of fused-ring (bicyclic) bond motifs is 1. The summed E-state index contributed by atoms with van der Waals surface area (Å²) in [6, 6.07) is 3.60. The SMILES string of the molecule is COc1ncccc1-c1cn2ncc(C(=O)NC3=CC(C(=O)NCCN4CCCC4)=CNC3C)c2s1. The lowest BCUT2D eigenvalue weighted by molar-refractivity contribution is -0.117. The van der Waals surface area contributed by atoms with Gasteiger partial charge in [0.25, 0.3) is 11.8 Å². The van der Waals surface area contributed by atoms with Crippen LogP contribution in [0, 0.1) is 0 Å². The molecule has 36 heavy (non-hydrogen) atoms. The van der Waals surface area contributed by atoms with Crippen LogP contribution in [-0.4, -0.2) is 70.6 Å². The Bertz CT molecular complexity index is 1340. The molecule has 1 fully saturated rings. The van der Waals surface area contributed by atoms with Gasteiger partial charge >= 0.3 is 0 Å². The van der Waals surface area contributed by atoms with Gasteiger partial charge in [0.05, 0.1) is 40.9 Å². The Hall–Kier alpha value is -3.70. The van der Waals surface area contributed by atoms with Gasteiger partial charge in [0.2, 0.25) is 5.88 Å². The Morgan fingerprint density at radius 1 is 1.28 bits per heavy atom. The fourth-order valence-corrected chi connectivity index (χ4v) is 5.43. The predicted molar refractivity (Wildman–Crippen MR) is 138 cm³/mol. The van der Waals surface area contributed by atoms with Crippen LogP contribution in [0.25, 0.3) is 15.3 Å². The first-order chi connectivity index (χ1) is 17.5. The van der Waals surface area contributed by atoms with Gasteiger partial charge in [-0.3, -0.25) is 9.59 Å². The van der Waals surface area contributed by atoms with Crippen LogP contribution in [0.4, 0.5) is 0 Å². The summed E-state index contributed by atoms with van der Waals surface area (Å²) in [4.78, 5) is 34.1. The van der Waals surface area contributed by atoms with Crippen molar-refractivity contribution in [3.63, 3.8) is 0 Å². The van der Waals surface area contributed by atoms with Crippen molar-refractivity contribution in [3.8, 4) is 16.3 Å². The zero-order chi connectivity index (χ0) is 25.1. The van der Waals surface area contributed by atoms with Crippen molar-refractivity contribution in [2.45, 2.75) is 25.8 Å². The quantitative estimate of drug-likeness (QED) is 0.428. The number of likely N-dealkylation sites (tertiary alicyclic amines) is 1. The number of amides is 2. The molecular formula is C25H29N7O3S. The lowest BCUT2D eigenvalue weighted by Crippen LogP contribution is -2.39. The molecule has 2 amide bonds. The summed E-state index contributed by atoms with van der Waals surface area (Å²) in [7, 11) is 1.58. The zero-order valence-corrected chi connectivity index (χ0v) is 21.1. The monoisotopic (exact) mass is 507 g/mol. The standard InChI is InChI=1S/C25H29N7O3S/c1-16-20(12-17(13-28-16)22(33)26-8-11-31-9-3-4-10-31)30-23(34)19-14-29-32-15-21(36-25(19)32)18-6-5-7-27-24(18)35-2/h5-7,12-16,28H,3-4,8-11H2,1-2H3,(H,26,33)(H,30,34). The van der Waals surface area contributed by atoms with Gasteiger partial charge in [0.1, 0.15) is 4.83 Å². The molecule has 0 spiro atoms. The predicted octanol–water partition coefficient (Wildman–Crippen LogP) is 2.17. The average molecular weight is 508 g/mol. The third kappa shape index (κ3) is 4.98. The molecule has 2 aliphatic rings. The van der Waals surface area contributed by atoms with Crippen LogP contribution in [0.15, 0.2) is 54.3 Å². The summed E-state index contributed by atoms with van der Waals surface area (Å²) in [5, 5.41) is 13.5. The van der Waals surface area contributed by atoms with Crippen LogP contribution in [0.5, 0.6) is 5.88 Å².